The lowest BCUT2D eigenvalue weighted by Gasteiger charge is -2.28. The number of carbonyl (C=O) groups is 2. The van der Waals surface area contributed by atoms with Crippen molar-refractivity contribution in [3.63, 3.8) is 0 Å². The lowest BCUT2D eigenvalue weighted by atomic mass is 9.82. The van der Waals surface area contributed by atoms with Gasteiger partial charge in [0, 0.05) is 18.5 Å². The first-order valence-corrected chi connectivity index (χ1v) is 11.0. The molecule has 3 N–H and O–H groups in total. The second-order valence-electron chi connectivity index (χ2n) is 8.55. The van der Waals surface area contributed by atoms with Crippen molar-refractivity contribution in [3.8, 4) is 11.3 Å². The highest BCUT2D eigenvalue weighted by Crippen LogP contribution is 2.30. The maximum absolute atomic E-state index is 13.2. The third-order valence-corrected chi connectivity index (χ3v) is 6.31. The fourth-order valence-electron chi connectivity index (χ4n) is 4.54. The van der Waals surface area contributed by atoms with Crippen LogP contribution in [0, 0.1) is 25.7 Å². The summed E-state index contributed by atoms with van der Waals surface area (Å²) in [7, 11) is 0. The Morgan fingerprint density at radius 3 is 2.34 bits per heavy atom. The minimum atomic E-state index is -0.972. The number of rotatable bonds is 6. The first-order chi connectivity index (χ1) is 15.4. The van der Waals surface area contributed by atoms with Crippen LogP contribution in [0.3, 0.4) is 0 Å². The summed E-state index contributed by atoms with van der Waals surface area (Å²) < 4.78 is 5.30. The van der Waals surface area contributed by atoms with E-state index >= 15 is 0 Å². The van der Waals surface area contributed by atoms with E-state index in [9.17, 15) is 9.59 Å². The van der Waals surface area contributed by atoms with Crippen molar-refractivity contribution in [1.29, 1.82) is 0 Å². The summed E-state index contributed by atoms with van der Waals surface area (Å²) in [6.45, 7) is 4.82. The molecule has 1 aromatic carbocycles. The number of para-hydroxylation sites is 1. The second kappa shape index (κ2) is 9.38. The lowest BCUT2D eigenvalue weighted by Crippen LogP contribution is -2.34. The first kappa shape index (κ1) is 21.8. The highest BCUT2D eigenvalue weighted by atomic mass is 16.5. The van der Waals surface area contributed by atoms with Gasteiger partial charge in [-0.3, -0.25) is 4.79 Å². The molecule has 2 aromatic heterocycles. The van der Waals surface area contributed by atoms with Crippen LogP contribution < -0.4 is 10.6 Å². The van der Waals surface area contributed by atoms with Crippen molar-refractivity contribution in [2.75, 3.05) is 13.1 Å². The zero-order valence-electron chi connectivity index (χ0n) is 18.4. The van der Waals surface area contributed by atoms with E-state index in [2.05, 4.69) is 15.8 Å². The molecule has 0 aliphatic heterocycles. The third kappa shape index (κ3) is 4.74. The predicted molar refractivity (Wildman–Crippen MR) is 121 cm³/mol. The minimum Gasteiger partial charge on any atom is -0.465 e. The Bertz CT molecular complexity index is 1110. The van der Waals surface area contributed by atoms with Crippen molar-refractivity contribution in [3.05, 3.63) is 47.3 Å². The molecule has 3 aromatic rings. The van der Waals surface area contributed by atoms with Crippen LogP contribution in [0.5, 0.6) is 0 Å². The summed E-state index contributed by atoms with van der Waals surface area (Å²) in [5.41, 5.74) is 3.58. The Morgan fingerprint density at radius 1 is 1.06 bits per heavy atom. The fraction of sp³-hybridized carbons (Fsp3) is 0.417. The monoisotopic (exact) mass is 436 g/mol. The number of carboxylic acid groups (broad SMARTS) is 1. The first-order valence-electron chi connectivity index (χ1n) is 11.0. The van der Waals surface area contributed by atoms with Crippen LogP contribution in [0.25, 0.3) is 22.2 Å². The maximum atomic E-state index is 13.2. The number of nitrogens with one attached hydrogen (secondary N) is 2. The van der Waals surface area contributed by atoms with Crippen molar-refractivity contribution < 1.29 is 19.2 Å². The van der Waals surface area contributed by atoms with Gasteiger partial charge in [-0.25, -0.2) is 9.78 Å². The zero-order valence-corrected chi connectivity index (χ0v) is 18.4. The lowest BCUT2D eigenvalue weighted by molar-refractivity contribution is 0.0942. The van der Waals surface area contributed by atoms with Crippen molar-refractivity contribution in [1.82, 2.24) is 20.8 Å². The van der Waals surface area contributed by atoms with Crippen LogP contribution in [-0.2, 0) is 0 Å². The summed E-state index contributed by atoms with van der Waals surface area (Å²) in [4.78, 5) is 28.6. The van der Waals surface area contributed by atoms with Crippen LogP contribution in [0.15, 0.2) is 34.9 Å². The van der Waals surface area contributed by atoms with E-state index in [1.807, 2.05) is 44.2 Å². The number of carbonyl (C=O) groups excluding carboxylic acids is 1. The normalized spacial score (nSPS) is 18.4. The summed E-state index contributed by atoms with van der Waals surface area (Å²) in [6.07, 6.45) is 2.92. The second-order valence-corrected chi connectivity index (χ2v) is 8.55. The van der Waals surface area contributed by atoms with E-state index in [1.54, 1.807) is 0 Å². The molecule has 0 radical (unpaired) electrons. The van der Waals surface area contributed by atoms with Gasteiger partial charge in [-0.1, -0.05) is 23.4 Å². The minimum absolute atomic E-state index is 0.119. The Morgan fingerprint density at radius 2 is 1.72 bits per heavy atom. The van der Waals surface area contributed by atoms with Crippen LogP contribution in [0.4, 0.5) is 4.79 Å². The molecule has 1 saturated carbocycles. The molecular formula is C24H28N4O4. The molecule has 1 aliphatic rings. The van der Waals surface area contributed by atoms with E-state index in [-0.39, 0.29) is 5.91 Å². The van der Waals surface area contributed by atoms with Gasteiger partial charge in [-0.15, -0.1) is 0 Å². The average Bonchev–Trinajstić information content (AvgIpc) is 3.13. The molecule has 32 heavy (non-hydrogen) atoms. The summed E-state index contributed by atoms with van der Waals surface area (Å²) in [5, 5.41) is 19.2. The van der Waals surface area contributed by atoms with E-state index in [1.165, 1.54) is 0 Å². The summed E-state index contributed by atoms with van der Waals surface area (Å²) in [5.74, 6) is 1.33. The molecule has 0 bridgehead atoms. The Hall–Kier alpha value is -3.42. The molecule has 8 nitrogen and oxygen atoms in total. The van der Waals surface area contributed by atoms with Crippen molar-refractivity contribution in [2.45, 2.75) is 39.5 Å². The quantitative estimate of drug-likeness (QED) is 0.530. The Labute approximate surface area is 186 Å². The predicted octanol–water partition coefficient (Wildman–Crippen LogP) is 4.31. The molecule has 1 fully saturated rings. The molecule has 0 unspecified atom stereocenters. The standard InChI is InChI=1S/C24H28N4O4/c1-14-22(15(2)32-28-14)21-11-19(18-5-3-4-6-20(18)27-21)23(29)25-12-16-7-9-17(10-8-16)13-26-24(30)31/h3-6,11,16-17,26H,7-10,12-13H2,1-2H3,(H,25,29)(H,30,31)/t16-,17-. The average molecular weight is 437 g/mol. The smallest absolute Gasteiger partial charge is 0.404 e. The van der Waals surface area contributed by atoms with E-state index < -0.39 is 6.09 Å². The Balaban J connectivity index is 1.47. The SMILES string of the molecule is Cc1noc(C)c1-c1cc(C(=O)NC[C@H]2CC[C@H](CNC(=O)O)CC2)c2ccccc2n1. The van der Waals surface area contributed by atoms with Crippen molar-refractivity contribution >= 4 is 22.9 Å². The summed E-state index contributed by atoms with van der Waals surface area (Å²) in [6, 6.07) is 9.45. The number of pyridine rings is 1. The third-order valence-electron chi connectivity index (χ3n) is 6.31. The largest absolute Gasteiger partial charge is 0.465 e. The van der Waals surface area contributed by atoms with Crippen LogP contribution >= 0.6 is 0 Å². The fourth-order valence-corrected chi connectivity index (χ4v) is 4.54. The van der Waals surface area contributed by atoms with Gasteiger partial charge in [-0.05, 0) is 63.5 Å². The van der Waals surface area contributed by atoms with Crippen molar-refractivity contribution in [2.24, 2.45) is 11.8 Å². The molecule has 1 aliphatic carbocycles. The van der Waals surface area contributed by atoms with Crippen LogP contribution in [-0.4, -0.2) is 40.3 Å². The number of aromatic nitrogens is 2. The van der Waals surface area contributed by atoms with E-state index in [4.69, 9.17) is 14.6 Å². The number of benzene rings is 1. The highest BCUT2D eigenvalue weighted by molar-refractivity contribution is 6.07. The molecule has 2 amide bonds. The van der Waals surface area contributed by atoms with Gasteiger partial charge in [0.25, 0.3) is 5.91 Å². The molecule has 0 spiro atoms. The van der Waals surface area contributed by atoms with Gasteiger partial charge < -0.3 is 20.3 Å². The van der Waals surface area contributed by atoms with Crippen LogP contribution in [0.2, 0.25) is 0 Å². The highest BCUT2D eigenvalue weighted by Gasteiger charge is 2.23. The number of hydrogen-bond donors (Lipinski definition) is 3. The molecule has 0 atom stereocenters. The molecular weight excluding hydrogens is 408 g/mol. The summed E-state index contributed by atoms with van der Waals surface area (Å²) >= 11 is 0. The molecule has 8 heteroatoms. The van der Waals surface area contributed by atoms with Gasteiger partial charge in [0.15, 0.2) is 0 Å². The maximum Gasteiger partial charge on any atom is 0.404 e. The number of hydrogen-bond acceptors (Lipinski definition) is 5. The van der Waals surface area contributed by atoms with Gasteiger partial charge in [-0.2, -0.15) is 0 Å². The Kier molecular flexibility index (Phi) is 6.39. The number of nitrogens with zero attached hydrogens (tertiary/aromatic N) is 2. The van der Waals surface area contributed by atoms with E-state index in [0.29, 0.717) is 41.9 Å². The molecule has 168 valence electrons. The van der Waals surface area contributed by atoms with Gasteiger partial charge in [0.05, 0.1) is 28.0 Å². The van der Waals surface area contributed by atoms with Gasteiger partial charge >= 0.3 is 6.09 Å². The number of aryl methyl sites for hydroxylation is 2. The number of fused-ring (bicyclic) bond motifs is 1. The topological polar surface area (TPSA) is 117 Å². The van der Waals surface area contributed by atoms with E-state index in [0.717, 1.165) is 47.8 Å². The zero-order chi connectivity index (χ0) is 22.7. The molecule has 2 heterocycles. The van der Waals surface area contributed by atoms with Gasteiger partial charge in [0.1, 0.15) is 5.76 Å². The van der Waals surface area contributed by atoms with Crippen LogP contribution in [0.1, 0.15) is 47.5 Å². The molecule has 0 saturated heterocycles. The van der Waals surface area contributed by atoms with Gasteiger partial charge in [0.2, 0.25) is 0 Å². The number of amides is 2. The molecule has 4 rings (SSSR count).